The Morgan fingerprint density at radius 3 is 2.14 bits per heavy atom. The maximum absolute atomic E-state index is 11.8. The Morgan fingerprint density at radius 2 is 1.71 bits per heavy atom. The summed E-state index contributed by atoms with van der Waals surface area (Å²) in [6.45, 7) is 3.32. The maximum atomic E-state index is 11.8. The van der Waals surface area contributed by atoms with Crippen LogP contribution in [0.25, 0.3) is 0 Å². The highest BCUT2D eigenvalue weighted by Crippen LogP contribution is 2.33. The van der Waals surface area contributed by atoms with Crippen LogP contribution >= 0.6 is 34.8 Å². The zero-order chi connectivity index (χ0) is 16.2. The number of nitrogens with one attached hydrogen (secondary N) is 2. The van der Waals surface area contributed by atoms with E-state index in [-0.39, 0.29) is 28.2 Å². The summed E-state index contributed by atoms with van der Waals surface area (Å²) in [7, 11) is 0. The molecule has 0 bridgehead atoms. The molecule has 5 nitrogen and oxygen atoms in total. The molecule has 0 radical (unpaired) electrons. The Hall–Kier alpha value is -1.01. The molecule has 0 aliphatic rings. The number of benzene rings is 1. The van der Waals surface area contributed by atoms with Gasteiger partial charge in [0.25, 0.3) is 0 Å². The van der Waals surface area contributed by atoms with Crippen LogP contribution in [-0.4, -0.2) is 29.6 Å². The predicted octanol–water partition coefficient (Wildman–Crippen LogP) is 3.28. The first kappa shape index (κ1) is 18.0. The molecule has 1 rings (SSSR count). The zero-order valence-electron chi connectivity index (χ0n) is 11.4. The maximum Gasteiger partial charge on any atom is 0.320 e. The van der Waals surface area contributed by atoms with Gasteiger partial charge in [0.1, 0.15) is 6.04 Å². The highest BCUT2D eigenvalue weighted by molar-refractivity contribution is 6.42. The summed E-state index contributed by atoms with van der Waals surface area (Å²) in [5.41, 5.74) is 0.242. The van der Waals surface area contributed by atoms with E-state index in [0.29, 0.717) is 5.02 Å². The van der Waals surface area contributed by atoms with Crippen molar-refractivity contribution in [1.29, 1.82) is 0 Å². The number of aliphatic carboxylic acids is 1. The van der Waals surface area contributed by atoms with Crippen LogP contribution in [0, 0.1) is 5.92 Å². The van der Waals surface area contributed by atoms with Crippen LogP contribution in [0.3, 0.4) is 0 Å². The van der Waals surface area contributed by atoms with Crippen molar-refractivity contribution in [3.05, 3.63) is 27.2 Å². The summed E-state index contributed by atoms with van der Waals surface area (Å²) < 4.78 is 0. The van der Waals surface area contributed by atoms with E-state index in [1.165, 1.54) is 12.1 Å². The molecule has 116 valence electrons. The molecule has 1 amide bonds. The SMILES string of the molecule is CC(C)C(NCC(=O)Nc1c(Cl)cc(Cl)cc1Cl)C(=O)O. The third kappa shape index (κ3) is 5.36. The topological polar surface area (TPSA) is 78.4 Å². The molecule has 21 heavy (non-hydrogen) atoms. The van der Waals surface area contributed by atoms with Crippen molar-refractivity contribution >= 4 is 52.4 Å². The van der Waals surface area contributed by atoms with Gasteiger partial charge in [0.15, 0.2) is 0 Å². The zero-order valence-corrected chi connectivity index (χ0v) is 13.7. The Kier molecular flexibility index (Phi) is 6.74. The monoisotopic (exact) mass is 352 g/mol. The molecule has 8 heteroatoms. The van der Waals surface area contributed by atoms with Crippen molar-refractivity contribution in [2.45, 2.75) is 19.9 Å². The first-order valence-electron chi connectivity index (χ1n) is 6.13. The summed E-state index contributed by atoms with van der Waals surface area (Å²) in [5.74, 6) is -1.62. The molecular weight excluding hydrogens is 339 g/mol. The number of carboxylic acid groups (broad SMARTS) is 1. The van der Waals surface area contributed by atoms with Crippen LogP contribution in [-0.2, 0) is 9.59 Å². The average molecular weight is 354 g/mol. The number of halogens is 3. The van der Waals surface area contributed by atoms with Crippen LogP contribution in [0.4, 0.5) is 5.69 Å². The second-order valence-corrected chi connectivity index (χ2v) is 5.98. The van der Waals surface area contributed by atoms with Crippen molar-refractivity contribution in [2.75, 3.05) is 11.9 Å². The number of carbonyl (C=O) groups is 2. The second-order valence-electron chi connectivity index (χ2n) is 4.73. The second kappa shape index (κ2) is 7.84. The van der Waals surface area contributed by atoms with Crippen molar-refractivity contribution in [2.24, 2.45) is 5.92 Å². The summed E-state index contributed by atoms with van der Waals surface area (Å²) in [6, 6.07) is 2.09. The molecule has 1 unspecified atom stereocenters. The third-order valence-corrected chi connectivity index (χ3v) is 3.50. The lowest BCUT2D eigenvalue weighted by molar-refractivity contribution is -0.140. The van der Waals surface area contributed by atoms with E-state index < -0.39 is 17.9 Å². The summed E-state index contributed by atoms with van der Waals surface area (Å²) in [5, 5.41) is 15.0. The Bertz CT molecular complexity index is 526. The lowest BCUT2D eigenvalue weighted by atomic mass is 10.1. The normalized spacial score (nSPS) is 12.3. The number of anilines is 1. The van der Waals surface area contributed by atoms with E-state index in [2.05, 4.69) is 10.6 Å². The molecule has 0 aliphatic heterocycles. The van der Waals surface area contributed by atoms with Crippen LogP contribution in [0.15, 0.2) is 12.1 Å². The molecule has 0 saturated heterocycles. The van der Waals surface area contributed by atoms with Gasteiger partial charge in [-0.2, -0.15) is 0 Å². The van der Waals surface area contributed by atoms with Crippen LogP contribution in [0.1, 0.15) is 13.8 Å². The molecule has 3 N–H and O–H groups in total. The van der Waals surface area contributed by atoms with Crippen molar-refractivity contribution in [3.63, 3.8) is 0 Å². The molecule has 1 atom stereocenters. The fraction of sp³-hybridized carbons (Fsp3) is 0.385. The highest BCUT2D eigenvalue weighted by Gasteiger charge is 2.22. The molecule has 0 heterocycles. The molecule has 0 aliphatic carbocycles. The van der Waals surface area contributed by atoms with Gasteiger partial charge >= 0.3 is 5.97 Å². The van der Waals surface area contributed by atoms with Gasteiger partial charge in [-0.1, -0.05) is 48.7 Å². The van der Waals surface area contributed by atoms with Crippen molar-refractivity contribution in [3.8, 4) is 0 Å². The first-order valence-corrected chi connectivity index (χ1v) is 7.26. The molecule has 0 spiro atoms. The first-order chi connectivity index (χ1) is 9.72. The van der Waals surface area contributed by atoms with Crippen LogP contribution in [0.5, 0.6) is 0 Å². The average Bonchev–Trinajstić information content (AvgIpc) is 2.33. The van der Waals surface area contributed by atoms with E-state index in [1.807, 2.05) is 0 Å². The van der Waals surface area contributed by atoms with Crippen LogP contribution in [0.2, 0.25) is 15.1 Å². The Morgan fingerprint density at radius 1 is 1.19 bits per heavy atom. The summed E-state index contributed by atoms with van der Waals surface area (Å²) >= 11 is 17.7. The van der Waals surface area contributed by atoms with Crippen molar-refractivity contribution in [1.82, 2.24) is 5.32 Å². The van der Waals surface area contributed by atoms with E-state index >= 15 is 0 Å². The standard InChI is InChI=1S/C13H15Cl3N2O3/c1-6(2)11(13(20)21)17-5-10(19)18-12-8(15)3-7(14)4-9(12)16/h3-4,6,11,17H,5H2,1-2H3,(H,18,19)(H,20,21). The van der Waals surface area contributed by atoms with E-state index in [1.54, 1.807) is 13.8 Å². The molecular formula is C13H15Cl3N2O3. The number of hydrogen-bond donors (Lipinski definition) is 3. The Balaban J connectivity index is 2.69. The number of carbonyl (C=O) groups excluding carboxylic acids is 1. The number of hydrogen-bond acceptors (Lipinski definition) is 3. The predicted molar refractivity (Wildman–Crippen MR) is 84.4 cm³/mol. The minimum Gasteiger partial charge on any atom is -0.480 e. The number of rotatable bonds is 6. The van der Waals surface area contributed by atoms with Gasteiger partial charge in [-0.3, -0.25) is 14.9 Å². The molecule has 0 saturated carbocycles. The molecule has 0 fully saturated rings. The fourth-order valence-electron chi connectivity index (χ4n) is 1.66. The minimum atomic E-state index is -1.01. The summed E-state index contributed by atoms with van der Waals surface area (Å²) in [4.78, 5) is 22.8. The van der Waals surface area contributed by atoms with Gasteiger partial charge < -0.3 is 10.4 Å². The van der Waals surface area contributed by atoms with Gasteiger partial charge in [0.05, 0.1) is 22.3 Å². The molecule has 1 aromatic carbocycles. The fourth-order valence-corrected chi connectivity index (χ4v) is 2.57. The van der Waals surface area contributed by atoms with Crippen LogP contribution < -0.4 is 10.6 Å². The largest absolute Gasteiger partial charge is 0.480 e. The number of amides is 1. The van der Waals surface area contributed by atoms with Gasteiger partial charge in [0, 0.05) is 5.02 Å². The van der Waals surface area contributed by atoms with Gasteiger partial charge in [-0.15, -0.1) is 0 Å². The smallest absolute Gasteiger partial charge is 0.320 e. The van der Waals surface area contributed by atoms with Gasteiger partial charge in [0.2, 0.25) is 5.91 Å². The Labute approximate surface area is 137 Å². The number of carboxylic acids is 1. The van der Waals surface area contributed by atoms with Gasteiger partial charge in [-0.05, 0) is 18.1 Å². The third-order valence-electron chi connectivity index (χ3n) is 2.69. The molecule has 1 aromatic rings. The van der Waals surface area contributed by atoms with Gasteiger partial charge in [-0.25, -0.2) is 0 Å². The van der Waals surface area contributed by atoms with E-state index in [9.17, 15) is 9.59 Å². The minimum absolute atomic E-state index is 0.155. The van der Waals surface area contributed by atoms with E-state index in [0.717, 1.165) is 0 Å². The summed E-state index contributed by atoms with van der Waals surface area (Å²) in [6.07, 6.45) is 0. The van der Waals surface area contributed by atoms with E-state index in [4.69, 9.17) is 39.9 Å². The molecule has 0 aromatic heterocycles. The lowest BCUT2D eigenvalue weighted by Crippen LogP contribution is -2.44. The van der Waals surface area contributed by atoms with Crippen molar-refractivity contribution < 1.29 is 14.7 Å². The lowest BCUT2D eigenvalue weighted by Gasteiger charge is -2.18. The highest BCUT2D eigenvalue weighted by atomic mass is 35.5. The quantitative estimate of drug-likeness (QED) is 0.733.